The second-order valence-corrected chi connectivity index (χ2v) is 1.70. The molecule has 1 atom stereocenters. The molecule has 9 heavy (non-hydrogen) atoms. The number of hydrogen-bond donors (Lipinski definition) is 2. The van der Waals surface area contributed by atoms with Gasteiger partial charge < -0.3 is 10.4 Å². The first-order valence-corrected chi connectivity index (χ1v) is 3.59. The Kier molecular flexibility index (Phi) is 14.0. The van der Waals surface area contributed by atoms with Gasteiger partial charge in [-0.05, 0) is 20.4 Å². The van der Waals surface area contributed by atoms with Gasteiger partial charge in [-0.3, -0.25) is 0 Å². The average molecular weight is 133 g/mol. The van der Waals surface area contributed by atoms with Crippen LogP contribution in [0.4, 0.5) is 0 Å². The zero-order valence-electron chi connectivity index (χ0n) is 6.94. The van der Waals surface area contributed by atoms with Gasteiger partial charge in [0.05, 0.1) is 0 Å². The molecule has 0 aliphatic heterocycles. The highest BCUT2D eigenvalue weighted by atomic mass is 16.3. The van der Waals surface area contributed by atoms with Crippen LogP contribution in [-0.4, -0.2) is 24.8 Å². The molecule has 2 heteroatoms. The number of nitrogens with one attached hydrogen (secondary N) is 1. The van der Waals surface area contributed by atoms with Crippen LogP contribution in [0.25, 0.3) is 0 Å². The van der Waals surface area contributed by atoms with Crippen LogP contribution in [0.2, 0.25) is 0 Å². The molecule has 0 aliphatic carbocycles. The van der Waals surface area contributed by atoms with Crippen LogP contribution in [-0.2, 0) is 0 Å². The summed E-state index contributed by atoms with van der Waals surface area (Å²) in [4.78, 5) is 0. The van der Waals surface area contributed by atoms with Crippen molar-refractivity contribution in [3.05, 3.63) is 0 Å². The highest BCUT2D eigenvalue weighted by molar-refractivity contribution is 4.53. The molecule has 0 aliphatic rings. The fourth-order valence-corrected chi connectivity index (χ4v) is 0.338. The quantitative estimate of drug-likeness (QED) is 0.602. The third-order valence-electron chi connectivity index (χ3n) is 1.05. The molecule has 0 fully saturated rings. The molecule has 0 radical (unpaired) electrons. The third kappa shape index (κ3) is 11.5. The summed E-state index contributed by atoms with van der Waals surface area (Å²) >= 11 is 0. The summed E-state index contributed by atoms with van der Waals surface area (Å²) in [7, 11) is 1.89. The molecule has 0 amide bonds. The van der Waals surface area contributed by atoms with Crippen molar-refractivity contribution in [1.82, 2.24) is 5.32 Å². The summed E-state index contributed by atoms with van der Waals surface area (Å²) in [6.45, 7) is 6.32. The average Bonchev–Trinajstić information content (AvgIpc) is 1.93. The SMILES string of the molecule is CC.CNC(C)CCO. The van der Waals surface area contributed by atoms with Gasteiger partial charge in [0.15, 0.2) is 0 Å². The predicted octanol–water partition coefficient (Wildman–Crippen LogP) is 1.00. The predicted molar refractivity (Wildman–Crippen MR) is 41.6 cm³/mol. The van der Waals surface area contributed by atoms with Gasteiger partial charge in [-0.1, -0.05) is 13.8 Å². The minimum absolute atomic E-state index is 0.280. The summed E-state index contributed by atoms with van der Waals surface area (Å²) in [6, 6.07) is 0.449. The zero-order valence-corrected chi connectivity index (χ0v) is 6.94. The Morgan fingerprint density at radius 1 is 1.44 bits per heavy atom. The highest BCUT2D eigenvalue weighted by Crippen LogP contribution is 1.83. The van der Waals surface area contributed by atoms with Crippen LogP contribution in [0.15, 0.2) is 0 Å². The molecule has 0 aromatic carbocycles. The van der Waals surface area contributed by atoms with Crippen LogP contribution in [0.3, 0.4) is 0 Å². The van der Waals surface area contributed by atoms with E-state index in [0.717, 1.165) is 6.42 Å². The van der Waals surface area contributed by atoms with Gasteiger partial charge in [0, 0.05) is 12.6 Å². The number of aliphatic hydroxyl groups excluding tert-OH is 1. The van der Waals surface area contributed by atoms with Gasteiger partial charge in [-0.25, -0.2) is 0 Å². The van der Waals surface area contributed by atoms with Crippen LogP contribution in [0, 0.1) is 0 Å². The lowest BCUT2D eigenvalue weighted by molar-refractivity contribution is 0.272. The smallest absolute Gasteiger partial charge is 0.0445 e. The monoisotopic (exact) mass is 133 g/mol. The Morgan fingerprint density at radius 2 is 1.89 bits per heavy atom. The normalized spacial score (nSPS) is 11.7. The van der Waals surface area contributed by atoms with Crippen molar-refractivity contribution in [3.8, 4) is 0 Å². The minimum atomic E-state index is 0.280. The molecule has 2 N–H and O–H groups in total. The van der Waals surface area contributed by atoms with E-state index in [1.807, 2.05) is 27.8 Å². The molecule has 0 aromatic rings. The largest absolute Gasteiger partial charge is 0.396 e. The van der Waals surface area contributed by atoms with Gasteiger partial charge in [-0.2, -0.15) is 0 Å². The van der Waals surface area contributed by atoms with Crippen molar-refractivity contribution in [1.29, 1.82) is 0 Å². The molecule has 0 saturated heterocycles. The van der Waals surface area contributed by atoms with E-state index >= 15 is 0 Å². The van der Waals surface area contributed by atoms with E-state index in [0.29, 0.717) is 6.04 Å². The Balaban J connectivity index is 0. The molecule has 0 heterocycles. The van der Waals surface area contributed by atoms with Crippen LogP contribution < -0.4 is 5.32 Å². The summed E-state index contributed by atoms with van der Waals surface area (Å²) in [5, 5.41) is 11.3. The van der Waals surface area contributed by atoms with Crippen LogP contribution in [0.5, 0.6) is 0 Å². The van der Waals surface area contributed by atoms with Crippen molar-refractivity contribution in [2.75, 3.05) is 13.7 Å². The molecule has 2 nitrogen and oxygen atoms in total. The van der Waals surface area contributed by atoms with Crippen molar-refractivity contribution in [2.24, 2.45) is 0 Å². The van der Waals surface area contributed by atoms with E-state index in [1.54, 1.807) is 0 Å². The lowest BCUT2D eigenvalue weighted by Gasteiger charge is -2.04. The topological polar surface area (TPSA) is 32.3 Å². The van der Waals surface area contributed by atoms with E-state index < -0.39 is 0 Å². The molecule has 58 valence electrons. The van der Waals surface area contributed by atoms with Gasteiger partial charge in [0.25, 0.3) is 0 Å². The molecular formula is C7H19NO. The van der Waals surface area contributed by atoms with Gasteiger partial charge >= 0.3 is 0 Å². The Hall–Kier alpha value is -0.0800. The third-order valence-corrected chi connectivity index (χ3v) is 1.05. The first-order valence-electron chi connectivity index (χ1n) is 3.59. The molecule has 0 rings (SSSR count). The molecule has 0 saturated carbocycles. The standard InChI is InChI=1S/C5H13NO.C2H6/c1-5(6-2)3-4-7;1-2/h5-7H,3-4H2,1-2H3;1-2H3. The van der Waals surface area contributed by atoms with Gasteiger partial charge in [0.2, 0.25) is 0 Å². The molecule has 0 aromatic heterocycles. The Labute approximate surface area is 58.3 Å². The summed E-state index contributed by atoms with van der Waals surface area (Å²) in [5.74, 6) is 0. The molecule has 1 unspecified atom stereocenters. The Bertz CT molecular complexity index is 39.9. The van der Waals surface area contributed by atoms with Gasteiger partial charge in [0.1, 0.15) is 0 Å². The lowest BCUT2D eigenvalue weighted by atomic mass is 10.2. The van der Waals surface area contributed by atoms with E-state index in [9.17, 15) is 0 Å². The second kappa shape index (κ2) is 10.8. The van der Waals surface area contributed by atoms with Gasteiger partial charge in [-0.15, -0.1) is 0 Å². The summed E-state index contributed by atoms with van der Waals surface area (Å²) in [6.07, 6.45) is 0.844. The number of aliphatic hydroxyl groups is 1. The lowest BCUT2D eigenvalue weighted by Crippen LogP contribution is -2.21. The van der Waals surface area contributed by atoms with Crippen molar-refractivity contribution >= 4 is 0 Å². The fraction of sp³-hybridized carbons (Fsp3) is 1.00. The number of hydrogen-bond acceptors (Lipinski definition) is 2. The van der Waals surface area contributed by atoms with E-state index in [4.69, 9.17) is 5.11 Å². The highest BCUT2D eigenvalue weighted by Gasteiger charge is 1.92. The maximum Gasteiger partial charge on any atom is 0.0445 e. The van der Waals surface area contributed by atoms with Crippen molar-refractivity contribution in [2.45, 2.75) is 33.2 Å². The summed E-state index contributed by atoms with van der Waals surface area (Å²) < 4.78 is 0. The first kappa shape index (κ1) is 11.7. The van der Waals surface area contributed by atoms with E-state index in [-0.39, 0.29) is 6.61 Å². The first-order chi connectivity index (χ1) is 4.31. The van der Waals surface area contributed by atoms with Crippen molar-refractivity contribution < 1.29 is 5.11 Å². The maximum atomic E-state index is 8.33. The van der Waals surface area contributed by atoms with Crippen LogP contribution >= 0.6 is 0 Å². The molecule has 0 spiro atoms. The van der Waals surface area contributed by atoms with Crippen LogP contribution in [0.1, 0.15) is 27.2 Å². The van der Waals surface area contributed by atoms with E-state index in [2.05, 4.69) is 5.32 Å². The van der Waals surface area contributed by atoms with Crippen molar-refractivity contribution in [3.63, 3.8) is 0 Å². The second-order valence-electron chi connectivity index (χ2n) is 1.70. The fourth-order valence-electron chi connectivity index (χ4n) is 0.338. The van der Waals surface area contributed by atoms with E-state index in [1.165, 1.54) is 0 Å². The maximum absolute atomic E-state index is 8.33. The minimum Gasteiger partial charge on any atom is -0.396 e. The molecule has 0 bridgehead atoms. The summed E-state index contributed by atoms with van der Waals surface area (Å²) in [5.41, 5.74) is 0. The molecular weight excluding hydrogens is 114 g/mol. The Morgan fingerprint density at radius 3 is 2.00 bits per heavy atom. The zero-order chi connectivity index (χ0) is 7.70. The number of rotatable bonds is 3.